The molecule has 102 valence electrons. The van der Waals surface area contributed by atoms with Crippen LogP contribution in [0.25, 0.3) is 0 Å². The Kier molecular flexibility index (Phi) is 5.85. The van der Waals surface area contributed by atoms with E-state index in [0.717, 1.165) is 32.1 Å². The summed E-state index contributed by atoms with van der Waals surface area (Å²) in [5.74, 6) is 5.95. The number of sulfonamides is 1. The van der Waals surface area contributed by atoms with Gasteiger partial charge < -0.3 is 0 Å². The zero-order valence-electron chi connectivity index (χ0n) is 10.9. The lowest BCUT2D eigenvalue weighted by Crippen LogP contribution is -2.43. The van der Waals surface area contributed by atoms with Crippen molar-refractivity contribution in [2.45, 2.75) is 45.1 Å². The molecule has 0 aromatic heterocycles. The van der Waals surface area contributed by atoms with E-state index in [-0.39, 0.29) is 0 Å². The number of rotatable bonds is 6. The Morgan fingerprint density at radius 2 is 2.24 bits per heavy atom. The molecule has 3 N–H and O–H groups in total. The van der Waals surface area contributed by atoms with E-state index in [2.05, 4.69) is 12.3 Å². The molecule has 0 aliphatic carbocycles. The topological polar surface area (TPSA) is 75.4 Å². The van der Waals surface area contributed by atoms with E-state index in [1.165, 1.54) is 6.26 Å². The van der Waals surface area contributed by atoms with Crippen molar-refractivity contribution in [1.82, 2.24) is 9.73 Å². The van der Waals surface area contributed by atoms with Crippen molar-refractivity contribution >= 4 is 10.0 Å². The van der Waals surface area contributed by atoms with Gasteiger partial charge in [0.25, 0.3) is 0 Å². The van der Waals surface area contributed by atoms with Crippen molar-refractivity contribution in [3.8, 4) is 0 Å². The molecule has 1 aliphatic rings. The number of nitrogens with one attached hydrogen (secondary N) is 1. The monoisotopic (exact) mass is 263 g/mol. The SMILES string of the molecule is CCCC(CC1CCCN(S(C)(=O)=O)C1)NN. The van der Waals surface area contributed by atoms with Gasteiger partial charge in [0.15, 0.2) is 0 Å². The third-order valence-electron chi connectivity index (χ3n) is 3.44. The lowest BCUT2D eigenvalue weighted by Gasteiger charge is -2.32. The first-order chi connectivity index (χ1) is 7.97. The summed E-state index contributed by atoms with van der Waals surface area (Å²) in [6.07, 6.45) is 6.47. The molecular weight excluding hydrogens is 238 g/mol. The van der Waals surface area contributed by atoms with Crippen LogP contribution >= 0.6 is 0 Å². The summed E-state index contributed by atoms with van der Waals surface area (Å²) >= 11 is 0. The average molecular weight is 263 g/mol. The van der Waals surface area contributed by atoms with Gasteiger partial charge in [-0.15, -0.1) is 0 Å². The van der Waals surface area contributed by atoms with Gasteiger partial charge in [-0.25, -0.2) is 12.7 Å². The van der Waals surface area contributed by atoms with Crippen molar-refractivity contribution in [3.63, 3.8) is 0 Å². The van der Waals surface area contributed by atoms with Gasteiger partial charge in [0.1, 0.15) is 0 Å². The smallest absolute Gasteiger partial charge is 0.211 e. The Labute approximate surface area is 105 Å². The number of nitrogens with zero attached hydrogens (tertiary/aromatic N) is 1. The third-order valence-corrected chi connectivity index (χ3v) is 4.71. The fourth-order valence-electron chi connectivity index (χ4n) is 2.54. The summed E-state index contributed by atoms with van der Waals surface area (Å²) in [5, 5.41) is 0. The molecule has 0 spiro atoms. The van der Waals surface area contributed by atoms with E-state index < -0.39 is 10.0 Å². The van der Waals surface area contributed by atoms with E-state index in [0.29, 0.717) is 25.0 Å². The van der Waals surface area contributed by atoms with Gasteiger partial charge >= 0.3 is 0 Å². The van der Waals surface area contributed by atoms with Crippen molar-refractivity contribution in [2.24, 2.45) is 11.8 Å². The Morgan fingerprint density at radius 1 is 1.53 bits per heavy atom. The number of hydrogen-bond acceptors (Lipinski definition) is 4. The predicted molar refractivity (Wildman–Crippen MR) is 69.8 cm³/mol. The van der Waals surface area contributed by atoms with Gasteiger partial charge in [-0.05, 0) is 31.6 Å². The summed E-state index contributed by atoms with van der Waals surface area (Å²) in [7, 11) is -3.03. The summed E-state index contributed by atoms with van der Waals surface area (Å²) in [6, 6.07) is 0.310. The van der Waals surface area contributed by atoms with Crippen LogP contribution in [0.2, 0.25) is 0 Å². The summed E-state index contributed by atoms with van der Waals surface area (Å²) in [5.41, 5.74) is 2.84. The molecular formula is C11H25N3O2S. The van der Waals surface area contributed by atoms with Crippen molar-refractivity contribution < 1.29 is 8.42 Å². The number of piperidine rings is 1. The predicted octanol–water partition coefficient (Wildman–Crippen LogP) is 0.680. The Balaban J connectivity index is 2.49. The second kappa shape index (κ2) is 6.68. The van der Waals surface area contributed by atoms with Crippen molar-refractivity contribution in [1.29, 1.82) is 0 Å². The highest BCUT2D eigenvalue weighted by atomic mass is 32.2. The van der Waals surface area contributed by atoms with Gasteiger partial charge in [-0.3, -0.25) is 11.3 Å². The number of hydrogen-bond donors (Lipinski definition) is 2. The molecule has 1 rings (SSSR count). The molecule has 0 aromatic carbocycles. The lowest BCUT2D eigenvalue weighted by atomic mass is 9.91. The van der Waals surface area contributed by atoms with Crippen LogP contribution in [0.1, 0.15) is 39.0 Å². The maximum absolute atomic E-state index is 11.5. The van der Waals surface area contributed by atoms with E-state index in [1.807, 2.05) is 0 Å². The van der Waals surface area contributed by atoms with Gasteiger partial charge in [0, 0.05) is 19.1 Å². The largest absolute Gasteiger partial charge is 0.271 e. The molecule has 5 nitrogen and oxygen atoms in total. The fraction of sp³-hybridized carbons (Fsp3) is 1.00. The third kappa shape index (κ3) is 4.91. The van der Waals surface area contributed by atoms with Gasteiger partial charge in [-0.1, -0.05) is 13.3 Å². The highest BCUT2D eigenvalue weighted by Gasteiger charge is 2.27. The van der Waals surface area contributed by atoms with E-state index in [9.17, 15) is 8.42 Å². The molecule has 0 aromatic rings. The van der Waals surface area contributed by atoms with Crippen LogP contribution in [0.5, 0.6) is 0 Å². The standard InChI is InChI=1S/C11H25N3O2S/c1-3-5-11(13-12)8-10-6-4-7-14(9-10)17(2,15)16/h10-11,13H,3-9,12H2,1-2H3. The molecule has 0 saturated carbocycles. The molecule has 0 amide bonds. The number of hydrazine groups is 1. The van der Waals surface area contributed by atoms with Crippen LogP contribution in [0.15, 0.2) is 0 Å². The molecule has 0 radical (unpaired) electrons. The Hall–Kier alpha value is -0.170. The molecule has 2 atom stereocenters. The highest BCUT2D eigenvalue weighted by Crippen LogP contribution is 2.23. The minimum Gasteiger partial charge on any atom is -0.271 e. The van der Waals surface area contributed by atoms with E-state index in [4.69, 9.17) is 5.84 Å². The van der Waals surface area contributed by atoms with E-state index in [1.54, 1.807) is 4.31 Å². The van der Waals surface area contributed by atoms with Crippen LogP contribution in [0.3, 0.4) is 0 Å². The second-order valence-electron chi connectivity index (χ2n) is 5.02. The number of nitrogens with two attached hydrogens (primary N) is 1. The van der Waals surface area contributed by atoms with Crippen LogP contribution in [-0.2, 0) is 10.0 Å². The molecule has 1 fully saturated rings. The van der Waals surface area contributed by atoms with E-state index >= 15 is 0 Å². The molecule has 1 aliphatic heterocycles. The molecule has 17 heavy (non-hydrogen) atoms. The van der Waals surface area contributed by atoms with Crippen LogP contribution < -0.4 is 11.3 Å². The lowest BCUT2D eigenvalue weighted by molar-refractivity contribution is 0.234. The highest BCUT2D eigenvalue weighted by molar-refractivity contribution is 7.88. The van der Waals surface area contributed by atoms with Crippen molar-refractivity contribution in [2.75, 3.05) is 19.3 Å². The zero-order chi connectivity index (χ0) is 12.9. The Morgan fingerprint density at radius 3 is 2.76 bits per heavy atom. The Bertz CT molecular complexity index is 319. The summed E-state index contributed by atoms with van der Waals surface area (Å²) in [4.78, 5) is 0. The molecule has 0 bridgehead atoms. The second-order valence-corrected chi connectivity index (χ2v) is 7.00. The van der Waals surface area contributed by atoms with Crippen LogP contribution in [0.4, 0.5) is 0 Å². The van der Waals surface area contributed by atoms with Crippen LogP contribution in [-0.4, -0.2) is 38.1 Å². The maximum Gasteiger partial charge on any atom is 0.211 e. The molecule has 6 heteroatoms. The summed E-state index contributed by atoms with van der Waals surface area (Å²) < 4.78 is 24.6. The van der Waals surface area contributed by atoms with Crippen molar-refractivity contribution in [3.05, 3.63) is 0 Å². The van der Waals surface area contributed by atoms with Gasteiger partial charge in [-0.2, -0.15) is 0 Å². The van der Waals surface area contributed by atoms with Gasteiger partial charge in [0.05, 0.1) is 6.26 Å². The molecule has 1 heterocycles. The first-order valence-electron chi connectivity index (χ1n) is 6.38. The first kappa shape index (κ1) is 14.9. The van der Waals surface area contributed by atoms with Crippen LogP contribution in [0, 0.1) is 5.92 Å². The average Bonchev–Trinajstić information content (AvgIpc) is 2.28. The normalized spacial score (nSPS) is 24.8. The molecule has 1 saturated heterocycles. The molecule has 2 unspecified atom stereocenters. The quantitative estimate of drug-likeness (QED) is 0.546. The summed E-state index contributed by atoms with van der Waals surface area (Å²) in [6.45, 7) is 3.46. The van der Waals surface area contributed by atoms with Gasteiger partial charge in [0.2, 0.25) is 10.0 Å². The minimum absolute atomic E-state index is 0.310. The first-order valence-corrected chi connectivity index (χ1v) is 8.23. The maximum atomic E-state index is 11.5. The fourth-order valence-corrected chi connectivity index (χ4v) is 3.48. The minimum atomic E-state index is -3.03. The zero-order valence-corrected chi connectivity index (χ0v) is 11.7.